The highest BCUT2D eigenvalue weighted by atomic mass is 16.5. The van der Waals surface area contributed by atoms with Gasteiger partial charge in [-0.3, -0.25) is 4.90 Å². The van der Waals surface area contributed by atoms with Crippen LogP contribution in [0.5, 0.6) is 0 Å². The fraction of sp³-hybridized carbons (Fsp3) is 0.889. The average molecular weight is 164 g/mol. The first-order valence-corrected chi connectivity index (χ1v) is 4.59. The molecule has 2 bridgehead atoms. The van der Waals surface area contributed by atoms with Gasteiger partial charge in [-0.25, -0.2) is 0 Å². The Morgan fingerprint density at radius 2 is 2.25 bits per heavy atom. The summed E-state index contributed by atoms with van der Waals surface area (Å²) in [5, 5.41) is 8.71. The van der Waals surface area contributed by atoms with Crippen LogP contribution in [0.4, 0.5) is 0 Å². The predicted molar refractivity (Wildman–Crippen MR) is 42.4 cm³/mol. The number of ether oxygens (including phenoxy) is 1. The number of morpholine rings is 1. The van der Waals surface area contributed by atoms with Gasteiger partial charge in [0.2, 0.25) is 0 Å². The molecule has 1 aliphatic carbocycles. The maximum Gasteiger partial charge on any atom is 0.156 e. The maximum atomic E-state index is 8.71. The number of nitriles is 1. The minimum absolute atomic E-state index is 0.171. The van der Waals surface area contributed by atoms with Gasteiger partial charge in [0, 0.05) is 18.6 Å². The molecule has 0 aromatic carbocycles. The first-order chi connectivity index (χ1) is 5.82. The summed E-state index contributed by atoms with van der Waals surface area (Å²) in [6.07, 6.45) is 2.45. The van der Waals surface area contributed by atoms with Crippen molar-refractivity contribution < 1.29 is 4.74 Å². The molecule has 3 heteroatoms. The van der Waals surface area contributed by atoms with Crippen LogP contribution in [0, 0.1) is 17.2 Å². The number of hydrogen-bond acceptors (Lipinski definition) is 3. The van der Waals surface area contributed by atoms with Crippen molar-refractivity contribution in [2.45, 2.75) is 24.5 Å². The van der Waals surface area contributed by atoms with Gasteiger partial charge in [-0.2, -0.15) is 5.26 Å². The second kappa shape index (κ2) is 2.01. The van der Waals surface area contributed by atoms with Crippen molar-refractivity contribution in [2.24, 2.45) is 5.92 Å². The van der Waals surface area contributed by atoms with E-state index in [0.29, 0.717) is 5.54 Å². The van der Waals surface area contributed by atoms with Crippen LogP contribution >= 0.6 is 0 Å². The molecule has 0 amide bonds. The monoisotopic (exact) mass is 164 g/mol. The Balaban J connectivity index is 1.81. The first-order valence-electron chi connectivity index (χ1n) is 4.59. The molecule has 0 N–H and O–H groups in total. The topological polar surface area (TPSA) is 36.3 Å². The van der Waals surface area contributed by atoms with Gasteiger partial charge in [-0.15, -0.1) is 0 Å². The van der Waals surface area contributed by atoms with Gasteiger partial charge in [0.15, 0.2) is 6.10 Å². The zero-order chi connectivity index (χ0) is 8.18. The minimum atomic E-state index is -0.171. The number of rotatable bonds is 0. The zero-order valence-electron chi connectivity index (χ0n) is 6.99. The van der Waals surface area contributed by atoms with Crippen molar-refractivity contribution in [1.82, 2.24) is 4.90 Å². The van der Waals surface area contributed by atoms with E-state index in [2.05, 4.69) is 11.0 Å². The molecule has 3 aliphatic heterocycles. The normalized spacial score (nSPS) is 50.9. The van der Waals surface area contributed by atoms with Crippen LogP contribution in [0.25, 0.3) is 0 Å². The van der Waals surface area contributed by atoms with Crippen LogP contribution in [-0.4, -0.2) is 36.2 Å². The van der Waals surface area contributed by atoms with Gasteiger partial charge in [-0.1, -0.05) is 0 Å². The molecule has 0 unspecified atom stereocenters. The summed E-state index contributed by atoms with van der Waals surface area (Å²) < 4.78 is 5.48. The first kappa shape index (κ1) is 6.88. The van der Waals surface area contributed by atoms with Crippen LogP contribution in [0.3, 0.4) is 0 Å². The van der Waals surface area contributed by atoms with Gasteiger partial charge in [0.25, 0.3) is 0 Å². The molecule has 0 aromatic rings. The molecule has 4 fully saturated rings. The Kier molecular flexibility index (Phi) is 1.15. The standard InChI is InChI=1S/C9H12N2O/c10-3-8-5-11-4-7-1-9(11,2-7)6-12-8/h7-8H,1-2,4-6H2/t7?,8-,9?/m0/s1. The summed E-state index contributed by atoms with van der Waals surface area (Å²) in [7, 11) is 0. The Morgan fingerprint density at radius 3 is 3.00 bits per heavy atom. The Bertz CT molecular complexity index is 252. The van der Waals surface area contributed by atoms with E-state index in [0.717, 1.165) is 19.1 Å². The van der Waals surface area contributed by atoms with Gasteiger partial charge >= 0.3 is 0 Å². The van der Waals surface area contributed by atoms with E-state index < -0.39 is 0 Å². The van der Waals surface area contributed by atoms with Crippen molar-refractivity contribution in [3.05, 3.63) is 0 Å². The van der Waals surface area contributed by atoms with Gasteiger partial charge in [0.1, 0.15) is 0 Å². The molecule has 12 heavy (non-hydrogen) atoms. The molecule has 1 atom stereocenters. The quantitative estimate of drug-likeness (QED) is 0.519. The summed E-state index contributed by atoms with van der Waals surface area (Å²) in [5.74, 6) is 0.908. The molecule has 3 heterocycles. The summed E-state index contributed by atoms with van der Waals surface area (Å²) >= 11 is 0. The molecule has 3 nitrogen and oxygen atoms in total. The van der Waals surface area contributed by atoms with E-state index in [1.165, 1.54) is 19.4 Å². The third kappa shape index (κ3) is 0.675. The van der Waals surface area contributed by atoms with E-state index >= 15 is 0 Å². The zero-order valence-corrected chi connectivity index (χ0v) is 6.99. The fourth-order valence-corrected chi connectivity index (χ4v) is 2.97. The second-order valence-electron chi connectivity index (χ2n) is 4.33. The van der Waals surface area contributed by atoms with Gasteiger partial charge < -0.3 is 4.74 Å². The van der Waals surface area contributed by atoms with Crippen LogP contribution in [0.2, 0.25) is 0 Å². The minimum Gasteiger partial charge on any atom is -0.360 e. The summed E-state index contributed by atoms with van der Waals surface area (Å²) in [5.41, 5.74) is 0.373. The maximum absolute atomic E-state index is 8.71. The molecular formula is C9H12N2O. The average Bonchev–Trinajstić information content (AvgIpc) is 2.55. The van der Waals surface area contributed by atoms with Crippen LogP contribution in [0.15, 0.2) is 0 Å². The van der Waals surface area contributed by atoms with Gasteiger partial charge in [0.05, 0.1) is 12.7 Å². The molecule has 1 saturated carbocycles. The molecule has 64 valence electrons. The third-order valence-corrected chi connectivity index (χ3v) is 3.57. The second-order valence-corrected chi connectivity index (χ2v) is 4.33. The van der Waals surface area contributed by atoms with Crippen molar-refractivity contribution in [1.29, 1.82) is 5.26 Å². The Morgan fingerprint density at radius 1 is 1.42 bits per heavy atom. The lowest BCUT2D eigenvalue weighted by Gasteiger charge is -2.46. The van der Waals surface area contributed by atoms with E-state index in [1.807, 2.05) is 0 Å². The van der Waals surface area contributed by atoms with Crippen molar-refractivity contribution >= 4 is 0 Å². The molecular weight excluding hydrogens is 152 g/mol. The smallest absolute Gasteiger partial charge is 0.156 e. The highest BCUT2D eigenvalue weighted by molar-refractivity contribution is 5.13. The SMILES string of the molecule is N#C[C@H]1CN2CC3CC2(CO1)C3. The van der Waals surface area contributed by atoms with Crippen LogP contribution in [0.1, 0.15) is 12.8 Å². The molecule has 4 aliphatic rings. The third-order valence-electron chi connectivity index (χ3n) is 3.57. The molecule has 0 aromatic heterocycles. The fourth-order valence-electron chi connectivity index (χ4n) is 2.97. The Hall–Kier alpha value is -0.590. The van der Waals surface area contributed by atoms with Crippen LogP contribution in [-0.2, 0) is 4.74 Å². The highest BCUT2D eigenvalue weighted by Gasteiger charge is 2.58. The van der Waals surface area contributed by atoms with Crippen molar-refractivity contribution in [2.75, 3.05) is 19.7 Å². The lowest BCUT2D eigenvalue weighted by atomic mass is 9.73. The van der Waals surface area contributed by atoms with Crippen molar-refractivity contribution in [3.8, 4) is 6.07 Å². The summed E-state index contributed by atoms with van der Waals surface area (Å²) in [6.45, 7) is 2.84. The summed E-state index contributed by atoms with van der Waals surface area (Å²) in [6, 6.07) is 2.19. The molecule has 4 rings (SSSR count). The Labute approximate surface area is 71.9 Å². The number of hydrogen-bond donors (Lipinski definition) is 0. The van der Waals surface area contributed by atoms with E-state index in [-0.39, 0.29) is 6.10 Å². The summed E-state index contributed by atoms with van der Waals surface area (Å²) in [4.78, 5) is 2.47. The van der Waals surface area contributed by atoms with Crippen molar-refractivity contribution in [3.63, 3.8) is 0 Å². The highest BCUT2D eigenvalue weighted by Crippen LogP contribution is 2.52. The molecule has 3 saturated heterocycles. The largest absolute Gasteiger partial charge is 0.360 e. The van der Waals surface area contributed by atoms with Gasteiger partial charge in [-0.05, 0) is 18.8 Å². The lowest BCUT2D eigenvalue weighted by Crippen LogP contribution is -2.56. The predicted octanol–water partition coefficient (Wildman–Crippen LogP) is 0.373. The van der Waals surface area contributed by atoms with Crippen LogP contribution < -0.4 is 0 Å². The number of nitrogens with zero attached hydrogens (tertiary/aromatic N) is 2. The van der Waals surface area contributed by atoms with E-state index in [9.17, 15) is 0 Å². The van der Waals surface area contributed by atoms with E-state index in [1.54, 1.807) is 0 Å². The molecule has 0 radical (unpaired) electrons. The lowest BCUT2D eigenvalue weighted by molar-refractivity contribution is -0.0836. The van der Waals surface area contributed by atoms with E-state index in [4.69, 9.17) is 10.00 Å². The molecule has 1 spiro atoms.